The van der Waals surface area contributed by atoms with Crippen LogP contribution in [0.2, 0.25) is 0 Å². The van der Waals surface area contributed by atoms with Gasteiger partial charge in [0.05, 0.1) is 6.26 Å². The Morgan fingerprint density at radius 1 is 1.33 bits per heavy atom. The van der Waals surface area contributed by atoms with Crippen LogP contribution in [0.1, 0.15) is 51.7 Å². The van der Waals surface area contributed by atoms with Gasteiger partial charge in [-0.1, -0.05) is 26.7 Å². The molecule has 1 N–H and O–H groups in total. The van der Waals surface area contributed by atoms with E-state index in [4.69, 9.17) is 4.42 Å². The van der Waals surface area contributed by atoms with Crippen molar-refractivity contribution in [2.24, 2.45) is 11.8 Å². The molecule has 0 amide bonds. The lowest BCUT2D eigenvalue weighted by molar-refractivity contribution is 0.222. The normalized spacial score (nSPS) is 26.1. The SMILES string of the molecule is CCNC(CCc1ccco1)C1CCC(C)CC1. The Balaban J connectivity index is 1.83. The van der Waals surface area contributed by atoms with Gasteiger partial charge >= 0.3 is 0 Å². The summed E-state index contributed by atoms with van der Waals surface area (Å²) in [5, 5.41) is 3.69. The zero-order valence-electron chi connectivity index (χ0n) is 11.8. The molecule has 1 aliphatic carbocycles. The Bertz CT molecular complexity index is 312. The molecule has 1 aromatic heterocycles. The molecule has 1 aliphatic rings. The monoisotopic (exact) mass is 249 g/mol. The lowest BCUT2D eigenvalue weighted by Gasteiger charge is -2.33. The van der Waals surface area contributed by atoms with E-state index in [9.17, 15) is 0 Å². The fourth-order valence-electron chi connectivity index (χ4n) is 3.21. The minimum absolute atomic E-state index is 0.674. The molecule has 1 fully saturated rings. The molecule has 0 aliphatic heterocycles. The van der Waals surface area contributed by atoms with Gasteiger partial charge in [-0.25, -0.2) is 0 Å². The van der Waals surface area contributed by atoms with Crippen LogP contribution in [-0.2, 0) is 6.42 Å². The zero-order chi connectivity index (χ0) is 12.8. The third-order valence-corrected chi connectivity index (χ3v) is 4.38. The topological polar surface area (TPSA) is 25.2 Å². The molecule has 0 aromatic carbocycles. The van der Waals surface area contributed by atoms with Gasteiger partial charge < -0.3 is 9.73 Å². The first-order chi connectivity index (χ1) is 8.79. The van der Waals surface area contributed by atoms with Crippen LogP contribution in [0.3, 0.4) is 0 Å². The second kappa shape index (κ2) is 6.98. The molecule has 2 heteroatoms. The predicted octanol–water partition coefficient (Wildman–Crippen LogP) is 4.02. The summed E-state index contributed by atoms with van der Waals surface area (Å²) in [6, 6.07) is 4.75. The first kappa shape index (κ1) is 13.7. The first-order valence-corrected chi connectivity index (χ1v) is 7.55. The third-order valence-electron chi connectivity index (χ3n) is 4.38. The summed E-state index contributed by atoms with van der Waals surface area (Å²) < 4.78 is 5.44. The van der Waals surface area contributed by atoms with E-state index in [-0.39, 0.29) is 0 Å². The molecule has 0 saturated heterocycles. The lowest BCUT2D eigenvalue weighted by Crippen LogP contribution is -2.38. The second-order valence-corrected chi connectivity index (χ2v) is 5.80. The third kappa shape index (κ3) is 3.88. The first-order valence-electron chi connectivity index (χ1n) is 7.55. The van der Waals surface area contributed by atoms with Crippen molar-refractivity contribution in [3.63, 3.8) is 0 Å². The standard InChI is InChI=1S/C16H27NO/c1-3-17-16(11-10-15-5-4-12-18-15)14-8-6-13(2)7-9-14/h4-5,12-14,16-17H,3,6-11H2,1-2H3. The van der Waals surface area contributed by atoms with Crippen LogP contribution in [-0.4, -0.2) is 12.6 Å². The van der Waals surface area contributed by atoms with Gasteiger partial charge in [-0.15, -0.1) is 0 Å². The van der Waals surface area contributed by atoms with Gasteiger partial charge in [-0.3, -0.25) is 0 Å². The maximum atomic E-state index is 5.44. The molecule has 18 heavy (non-hydrogen) atoms. The minimum atomic E-state index is 0.674. The molecule has 1 heterocycles. The largest absolute Gasteiger partial charge is 0.469 e. The minimum Gasteiger partial charge on any atom is -0.469 e. The van der Waals surface area contributed by atoms with Gasteiger partial charge in [-0.2, -0.15) is 0 Å². The molecule has 1 saturated carbocycles. The van der Waals surface area contributed by atoms with E-state index in [1.54, 1.807) is 6.26 Å². The van der Waals surface area contributed by atoms with E-state index in [1.165, 1.54) is 32.1 Å². The van der Waals surface area contributed by atoms with Crippen LogP contribution < -0.4 is 5.32 Å². The van der Waals surface area contributed by atoms with Crippen molar-refractivity contribution in [2.75, 3.05) is 6.54 Å². The van der Waals surface area contributed by atoms with Gasteiger partial charge in [0.1, 0.15) is 5.76 Å². The summed E-state index contributed by atoms with van der Waals surface area (Å²) in [5.41, 5.74) is 0. The number of rotatable bonds is 6. The highest BCUT2D eigenvalue weighted by Gasteiger charge is 2.25. The van der Waals surface area contributed by atoms with E-state index < -0.39 is 0 Å². The van der Waals surface area contributed by atoms with Gasteiger partial charge in [-0.05, 0) is 49.8 Å². The molecule has 1 unspecified atom stereocenters. The van der Waals surface area contributed by atoms with Crippen LogP contribution in [0.25, 0.3) is 0 Å². The van der Waals surface area contributed by atoms with Crippen LogP contribution in [0, 0.1) is 11.8 Å². The molecular weight excluding hydrogens is 222 g/mol. The summed E-state index contributed by atoms with van der Waals surface area (Å²) in [7, 11) is 0. The van der Waals surface area contributed by atoms with Crippen LogP contribution in [0.4, 0.5) is 0 Å². The maximum Gasteiger partial charge on any atom is 0.103 e. The maximum absolute atomic E-state index is 5.44. The molecule has 2 rings (SSSR count). The highest BCUT2D eigenvalue weighted by atomic mass is 16.3. The average molecular weight is 249 g/mol. The number of furan rings is 1. The lowest BCUT2D eigenvalue weighted by atomic mass is 9.78. The molecule has 102 valence electrons. The highest BCUT2D eigenvalue weighted by molar-refractivity contribution is 4.99. The van der Waals surface area contributed by atoms with Crippen molar-refractivity contribution in [2.45, 2.75) is 58.4 Å². The Kier molecular flexibility index (Phi) is 5.30. The van der Waals surface area contributed by atoms with Crippen molar-refractivity contribution in [3.8, 4) is 0 Å². The molecular formula is C16H27NO. The van der Waals surface area contributed by atoms with Gasteiger partial charge in [0.25, 0.3) is 0 Å². The van der Waals surface area contributed by atoms with Gasteiger partial charge in [0.2, 0.25) is 0 Å². The zero-order valence-corrected chi connectivity index (χ0v) is 11.8. The van der Waals surface area contributed by atoms with Crippen LogP contribution in [0.5, 0.6) is 0 Å². The number of nitrogens with one attached hydrogen (secondary N) is 1. The molecule has 2 nitrogen and oxygen atoms in total. The molecule has 0 spiro atoms. The van der Waals surface area contributed by atoms with Crippen molar-refractivity contribution in [1.29, 1.82) is 0 Å². The van der Waals surface area contributed by atoms with E-state index in [0.717, 1.165) is 30.6 Å². The summed E-state index contributed by atoms with van der Waals surface area (Å²) in [5.74, 6) is 2.94. The quantitative estimate of drug-likeness (QED) is 0.824. The Hall–Kier alpha value is -0.760. The molecule has 0 bridgehead atoms. The summed E-state index contributed by atoms with van der Waals surface area (Å²) in [6.07, 6.45) is 9.67. The predicted molar refractivity (Wildman–Crippen MR) is 75.6 cm³/mol. The summed E-state index contributed by atoms with van der Waals surface area (Å²) in [6.45, 7) is 5.68. The summed E-state index contributed by atoms with van der Waals surface area (Å²) >= 11 is 0. The highest BCUT2D eigenvalue weighted by Crippen LogP contribution is 2.31. The van der Waals surface area contributed by atoms with E-state index >= 15 is 0 Å². The fourth-order valence-corrected chi connectivity index (χ4v) is 3.21. The number of aryl methyl sites for hydroxylation is 1. The Morgan fingerprint density at radius 3 is 2.72 bits per heavy atom. The van der Waals surface area contributed by atoms with E-state index in [0.29, 0.717) is 6.04 Å². The molecule has 1 atom stereocenters. The van der Waals surface area contributed by atoms with Crippen molar-refractivity contribution >= 4 is 0 Å². The summed E-state index contributed by atoms with van der Waals surface area (Å²) in [4.78, 5) is 0. The van der Waals surface area contributed by atoms with Crippen molar-refractivity contribution < 1.29 is 4.42 Å². The van der Waals surface area contributed by atoms with Crippen LogP contribution in [0.15, 0.2) is 22.8 Å². The Labute approximate surface area is 111 Å². The van der Waals surface area contributed by atoms with Crippen molar-refractivity contribution in [1.82, 2.24) is 5.32 Å². The second-order valence-electron chi connectivity index (χ2n) is 5.80. The molecule has 0 radical (unpaired) electrons. The molecule has 1 aromatic rings. The Morgan fingerprint density at radius 2 is 2.11 bits per heavy atom. The fraction of sp³-hybridized carbons (Fsp3) is 0.750. The van der Waals surface area contributed by atoms with Gasteiger partial charge in [0, 0.05) is 12.5 Å². The van der Waals surface area contributed by atoms with Crippen molar-refractivity contribution in [3.05, 3.63) is 24.2 Å². The number of hydrogen-bond donors (Lipinski definition) is 1. The smallest absolute Gasteiger partial charge is 0.103 e. The average Bonchev–Trinajstić information content (AvgIpc) is 2.89. The van der Waals surface area contributed by atoms with Gasteiger partial charge in [0.15, 0.2) is 0 Å². The number of hydrogen-bond acceptors (Lipinski definition) is 2. The van der Waals surface area contributed by atoms with E-state index in [2.05, 4.69) is 25.2 Å². The van der Waals surface area contributed by atoms with Crippen LogP contribution >= 0.6 is 0 Å². The van der Waals surface area contributed by atoms with E-state index in [1.807, 2.05) is 6.07 Å².